The third-order valence-electron chi connectivity index (χ3n) is 3.06. The number of hydrogen-bond donors (Lipinski definition) is 3. The van der Waals surface area contributed by atoms with E-state index in [2.05, 4.69) is 30.6 Å². The predicted octanol–water partition coefficient (Wildman–Crippen LogP) is -0.196. The highest BCUT2D eigenvalue weighted by molar-refractivity contribution is 5.83. The maximum Gasteiger partial charge on any atom is 0.335 e. The van der Waals surface area contributed by atoms with Crippen LogP contribution >= 0.6 is 0 Å². The Labute approximate surface area is 128 Å². The van der Waals surface area contributed by atoms with Crippen LogP contribution in [0.1, 0.15) is 11.1 Å². The lowest BCUT2D eigenvalue weighted by molar-refractivity contribution is 0.430. The first-order valence-electron chi connectivity index (χ1n) is 6.49. The van der Waals surface area contributed by atoms with Crippen molar-refractivity contribution in [2.24, 2.45) is 4.99 Å². The number of H-pyrrole nitrogens is 2. The van der Waals surface area contributed by atoms with Gasteiger partial charge in [-0.15, -0.1) is 5.10 Å². The van der Waals surface area contributed by atoms with Crippen LogP contribution in [0.15, 0.2) is 38.8 Å². The molecule has 0 aliphatic carbocycles. The minimum Gasteiger partial charge on any atom is -0.493 e. The first-order chi connectivity index (χ1) is 11.1. The van der Waals surface area contributed by atoms with Gasteiger partial charge in [-0.3, -0.25) is 9.78 Å². The Morgan fingerprint density at radius 2 is 2.00 bits per heavy atom. The largest absolute Gasteiger partial charge is 0.493 e. The fraction of sp³-hybridized carbons (Fsp3) is 0.0769. The van der Waals surface area contributed by atoms with Gasteiger partial charge >= 0.3 is 5.69 Å². The zero-order valence-corrected chi connectivity index (χ0v) is 11.9. The third-order valence-corrected chi connectivity index (χ3v) is 3.06. The molecule has 23 heavy (non-hydrogen) atoms. The first-order valence-corrected chi connectivity index (χ1v) is 6.49. The molecule has 2 aromatic heterocycles. The number of tetrazole rings is 1. The van der Waals surface area contributed by atoms with Crippen LogP contribution in [0.25, 0.3) is 5.69 Å². The average Bonchev–Trinajstić information content (AvgIpc) is 3.02. The van der Waals surface area contributed by atoms with E-state index in [0.29, 0.717) is 5.69 Å². The number of rotatable bonds is 3. The van der Waals surface area contributed by atoms with Gasteiger partial charge in [-0.2, -0.15) is 5.21 Å². The topological polar surface area (TPSA) is 142 Å². The molecule has 10 heteroatoms. The second-order valence-electron chi connectivity index (χ2n) is 4.64. The van der Waals surface area contributed by atoms with E-state index in [-0.39, 0.29) is 11.5 Å². The molecule has 0 bridgehead atoms. The highest BCUT2D eigenvalue weighted by Crippen LogP contribution is 2.16. The van der Waals surface area contributed by atoms with E-state index in [1.165, 1.54) is 0 Å². The molecule has 3 N–H and O–H groups in total. The van der Waals surface area contributed by atoms with Crippen LogP contribution in [0.3, 0.4) is 0 Å². The van der Waals surface area contributed by atoms with Crippen molar-refractivity contribution in [3.63, 3.8) is 0 Å². The van der Waals surface area contributed by atoms with E-state index in [0.717, 1.165) is 16.3 Å². The smallest absolute Gasteiger partial charge is 0.335 e. The van der Waals surface area contributed by atoms with Gasteiger partial charge in [0.05, 0.1) is 5.69 Å². The molecule has 0 saturated carbocycles. The zero-order chi connectivity index (χ0) is 16.4. The van der Waals surface area contributed by atoms with Crippen molar-refractivity contribution in [3.8, 4) is 11.6 Å². The summed E-state index contributed by atoms with van der Waals surface area (Å²) in [4.78, 5) is 29.8. The number of aromatic nitrogens is 6. The summed E-state index contributed by atoms with van der Waals surface area (Å²) in [6, 6.07) is 6.85. The highest BCUT2D eigenvalue weighted by atomic mass is 16.3. The molecule has 3 rings (SSSR count). The van der Waals surface area contributed by atoms with E-state index in [4.69, 9.17) is 0 Å². The Hall–Kier alpha value is -3.56. The summed E-state index contributed by atoms with van der Waals surface area (Å²) in [6.07, 6.45) is 1.06. The van der Waals surface area contributed by atoms with E-state index in [1.807, 2.05) is 6.92 Å². The standard InChI is InChI=1S/C13H11N7O3/c1-7-2-4-8(5-3-7)20-11(22)9(10(21)15-13(20)23)6-14-12-16-18-19-17-12/h2-6,22H,1H3,(H,15,21,23)(H,16,17,18,19)/b14-6+. The quantitative estimate of drug-likeness (QED) is 0.572. The van der Waals surface area contributed by atoms with Crippen LogP contribution in [-0.4, -0.2) is 41.5 Å². The van der Waals surface area contributed by atoms with Gasteiger partial charge < -0.3 is 5.11 Å². The van der Waals surface area contributed by atoms with Crippen LogP contribution in [0.2, 0.25) is 0 Å². The number of nitrogens with one attached hydrogen (secondary N) is 2. The SMILES string of the molecule is Cc1ccc(-n2c(O)c(/C=N/c3nn[nH]n3)c(=O)[nH]c2=O)cc1. The molecule has 2 heterocycles. The summed E-state index contributed by atoms with van der Waals surface area (Å²) in [6.45, 7) is 1.89. The molecule has 0 aliphatic heterocycles. The fourth-order valence-corrected chi connectivity index (χ4v) is 1.92. The summed E-state index contributed by atoms with van der Waals surface area (Å²) in [5.74, 6) is -0.549. The summed E-state index contributed by atoms with van der Waals surface area (Å²) in [5, 5.41) is 23.0. The highest BCUT2D eigenvalue weighted by Gasteiger charge is 2.14. The molecule has 116 valence electrons. The van der Waals surface area contributed by atoms with Crippen molar-refractivity contribution in [2.45, 2.75) is 6.92 Å². The Balaban J connectivity index is 2.15. The van der Waals surface area contributed by atoms with Gasteiger partial charge in [-0.05, 0) is 24.3 Å². The van der Waals surface area contributed by atoms with Crippen LogP contribution in [-0.2, 0) is 0 Å². The Bertz CT molecular complexity index is 968. The second-order valence-corrected chi connectivity index (χ2v) is 4.64. The first kappa shape index (κ1) is 14.4. The summed E-state index contributed by atoms with van der Waals surface area (Å²) in [5.41, 5.74) is -0.334. The van der Waals surface area contributed by atoms with Gasteiger partial charge in [0.15, 0.2) is 0 Å². The summed E-state index contributed by atoms with van der Waals surface area (Å²) >= 11 is 0. The molecule has 3 aromatic rings. The van der Waals surface area contributed by atoms with Gasteiger partial charge in [0.2, 0.25) is 5.88 Å². The number of benzene rings is 1. The third kappa shape index (κ3) is 2.77. The van der Waals surface area contributed by atoms with Gasteiger partial charge in [0, 0.05) is 6.21 Å². The van der Waals surface area contributed by atoms with E-state index in [1.54, 1.807) is 24.3 Å². The number of aromatic hydroxyl groups is 1. The number of aliphatic imine (C=N–C) groups is 1. The van der Waals surface area contributed by atoms with Crippen LogP contribution in [0.4, 0.5) is 5.95 Å². The van der Waals surface area contributed by atoms with Crippen LogP contribution in [0.5, 0.6) is 5.88 Å². The zero-order valence-electron chi connectivity index (χ0n) is 11.9. The molecule has 0 radical (unpaired) electrons. The van der Waals surface area contributed by atoms with Gasteiger partial charge in [-0.1, -0.05) is 22.8 Å². The van der Waals surface area contributed by atoms with E-state index >= 15 is 0 Å². The number of nitrogens with zero attached hydrogens (tertiary/aromatic N) is 5. The van der Waals surface area contributed by atoms with Gasteiger partial charge in [-0.25, -0.2) is 14.4 Å². The Morgan fingerprint density at radius 3 is 2.65 bits per heavy atom. The molecule has 0 unspecified atom stereocenters. The van der Waals surface area contributed by atoms with E-state index < -0.39 is 17.1 Å². The minimum absolute atomic E-state index is 0.0168. The number of aryl methyl sites for hydroxylation is 1. The molecule has 0 spiro atoms. The lowest BCUT2D eigenvalue weighted by Crippen LogP contribution is -2.31. The molecule has 0 amide bonds. The average molecular weight is 313 g/mol. The maximum absolute atomic E-state index is 12.0. The van der Waals surface area contributed by atoms with E-state index in [9.17, 15) is 14.7 Å². The molecular weight excluding hydrogens is 302 g/mol. The molecule has 10 nitrogen and oxygen atoms in total. The van der Waals surface area contributed by atoms with Crippen molar-refractivity contribution in [3.05, 3.63) is 56.2 Å². The van der Waals surface area contributed by atoms with Crippen molar-refractivity contribution in [1.29, 1.82) is 0 Å². The minimum atomic E-state index is -0.775. The van der Waals surface area contributed by atoms with Crippen LogP contribution in [0, 0.1) is 6.92 Å². The monoisotopic (exact) mass is 313 g/mol. The normalized spacial score (nSPS) is 11.2. The van der Waals surface area contributed by atoms with Crippen LogP contribution < -0.4 is 11.2 Å². The maximum atomic E-state index is 12.0. The Morgan fingerprint density at radius 1 is 1.26 bits per heavy atom. The van der Waals surface area contributed by atoms with Crippen molar-refractivity contribution in [2.75, 3.05) is 0 Å². The fourth-order valence-electron chi connectivity index (χ4n) is 1.92. The van der Waals surface area contributed by atoms with Gasteiger partial charge in [0.1, 0.15) is 5.56 Å². The molecule has 0 saturated heterocycles. The second kappa shape index (κ2) is 5.67. The van der Waals surface area contributed by atoms with Gasteiger partial charge in [0.25, 0.3) is 11.5 Å². The number of aromatic amines is 2. The predicted molar refractivity (Wildman–Crippen MR) is 80.5 cm³/mol. The molecule has 1 aromatic carbocycles. The molecule has 0 atom stereocenters. The molecule has 0 fully saturated rings. The lowest BCUT2D eigenvalue weighted by atomic mass is 10.2. The molecular formula is C13H11N7O3. The van der Waals surface area contributed by atoms with Crippen molar-refractivity contribution >= 4 is 12.2 Å². The Kier molecular flexibility index (Phi) is 3.55. The van der Waals surface area contributed by atoms with Crippen molar-refractivity contribution in [1.82, 2.24) is 30.2 Å². The van der Waals surface area contributed by atoms with Crippen molar-refractivity contribution < 1.29 is 5.11 Å². The number of hydrogen-bond acceptors (Lipinski definition) is 7. The lowest BCUT2D eigenvalue weighted by Gasteiger charge is -2.09. The summed E-state index contributed by atoms with van der Waals surface area (Å²) in [7, 11) is 0. The summed E-state index contributed by atoms with van der Waals surface area (Å²) < 4.78 is 0.971. The molecule has 0 aliphatic rings.